The SMILES string of the molecule is C[SiH2]c1cc(C)cc(C)c1. The Morgan fingerprint density at radius 3 is 1.90 bits per heavy atom. The molecule has 0 fully saturated rings. The Labute approximate surface area is 65.1 Å². The van der Waals surface area contributed by atoms with Gasteiger partial charge in [-0.25, -0.2) is 0 Å². The van der Waals surface area contributed by atoms with E-state index in [9.17, 15) is 0 Å². The third-order valence-electron chi connectivity index (χ3n) is 1.69. The Morgan fingerprint density at radius 2 is 1.50 bits per heavy atom. The molecule has 1 rings (SSSR count). The van der Waals surface area contributed by atoms with E-state index in [4.69, 9.17) is 0 Å². The molecule has 0 saturated carbocycles. The Hall–Kier alpha value is -0.563. The molecule has 0 spiro atoms. The van der Waals surface area contributed by atoms with Gasteiger partial charge >= 0.3 is 0 Å². The topological polar surface area (TPSA) is 0 Å². The molecule has 1 aromatic carbocycles. The molecule has 0 aliphatic heterocycles. The normalized spacial score (nSPS) is 11.1. The molecular formula is C9H14Si. The van der Waals surface area contributed by atoms with E-state index < -0.39 is 0 Å². The van der Waals surface area contributed by atoms with Gasteiger partial charge in [0.1, 0.15) is 0 Å². The molecule has 0 nitrogen and oxygen atoms in total. The quantitative estimate of drug-likeness (QED) is 0.527. The van der Waals surface area contributed by atoms with E-state index >= 15 is 0 Å². The summed E-state index contributed by atoms with van der Waals surface area (Å²) < 4.78 is 0. The lowest BCUT2D eigenvalue weighted by molar-refractivity contribution is 1.40. The number of hydrogen-bond donors (Lipinski definition) is 0. The highest BCUT2D eigenvalue weighted by molar-refractivity contribution is 6.51. The van der Waals surface area contributed by atoms with Crippen molar-refractivity contribution in [2.75, 3.05) is 0 Å². The van der Waals surface area contributed by atoms with Gasteiger partial charge in [0.05, 0.1) is 9.52 Å². The Kier molecular flexibility index (Phi) is 2.28. The van der Waals surface area contributed by atoms with Crippen molar-refractivity contribution >= 4 is 14.7 Å². The molecule has 0 aliphatic rings. The van der Waals surface area contributed by atoms with E-state index in [1.54, 1.807) is 5.19 Å². The van der Waals surface area contributed by atoms with Gasteiger partial charge in [-0.1, -0.05) is 41.1 Å². The van der Waals surface area contributed by atoms with Crippen LogP contribution in [0, 0.1) is 13.8 Å². The van der Waals surface area contributed by atoms with Gasteiger partial charge in [0.15, 0.2) is 0 Å². The summed E-state index contributed by atoms with van der Waals surface area (Å²) in [5.41, 5.74) is 2.81. The lowest BCUT2D eigenvalue weighted by Gasteiger charge is -2.00. The average Bonchev–Trinajstić information content (AvgIpc) is 1.85. The van der Waals surface area contributed by atoms with Crippen LogP contribution in [-0.4, -0.2) is 9.52 Å². The minimum Gasteiger partial charge on any atom is -0.0708 e. The summed E-state index contributed by atoms with van der Waals surface area (Å²) in [7, 11) is 0.0485. The van der Waals surface area contributed by atoms with Crippen molar-refractivity contribution in [3.63, 3.8) is 0 Å². The number of rotatable bonds is 1. The van der Waals surface area contributed by atoms with E-state index in [0.717, 1.165) is 0 Å². The zero-order valence-corrected chi connectivity index (χ0v) is 8.35. The highest BCUT2D eigenvalue weighted by Gasteiger charge is 1.91. The zero-order chi connectivity index (χ0) is 7.56. The summed E-state index contributed by atoms with van der Waals surface area (Å²) in [6, 6.07) is 6.84. The second kappa shape index (κ2) is 3.02. The Bertz CT molecular complexity index is 208. The number of aryl methyl sites for hydroxylation is 2. The first kappa shape index (κ1) is 7.54. The fraction of sp³-hybridized carbons (Fsp3) is 0.333. The molecule has 0 N–H and O–H groups in total. The van der Waals surface area contributed by atoms with Crippen LogP contribution >= 0.6 is 0 Å². The zero-order valence-electron chi connectivity index (χ0n) is 6.94. The highest BCUT2D eigenvalue weighted by Crippen LogP contribution is 1.98. The second-order valence-electron chi connectivity index (χ2n) is 2.85. The highest BCUT2D eigenvalue weighted by atomic mass is 28.2. The van der Waals surface area contributed by atoms with Gasteiger partial charge in [0.25, 0.3) is 0 Å². The van der Waals surface area contributed by atoms with Gasteiger partial charge in [-0.05, 0) is 13.8 Å². The minimum absolute atomic E-state index is 0.0485. The molecule has 1 aromatic rings. The summed E-state index contributed by atoms with van der Waals surface area (Å²) in [6.45, 7) is 6.66. The molecule has 0 bridgehead atoms. The molecule has 54 valence electrons. The fourth-order valence-electron chi connectivity index (χ4n) is 1.27. The summed E-state index contributed by atoms with van der Waals surface area (Å²) in [4.78, 5) is 0. The summed E-state index contributed by atoms with van der Waals surface area (Å²) in [5, 5.41) is 1.58. The third kappa shape index (κ3) is 1.71. The molecule has 0 heterocycles. The maximum Gasteiger partial charge on any atom is 0.0517 e. The summed E-state index contributed by atoms with van der Waals surface area (Å²) >= 11 is 0. The van der Waals surface area contributed by atoms with Gasteiger partial charge in [-0.3, -0.25) is 0 Å². The predicted molar refractivity (Wildman–Crippen MR) is 50.0 cm³/mol. The van der Waals surface area contributed by atoms with Crippen LogP contribution in [0.25, 0.3) is 0 Å². The van der Waals surface area contributed by atoms with Crippen molar-refractivity contribution in [1.82, 2.24) is 0 Å². The summed E-state index contributed by atoms with van der Waals surface area (Å²) in [6.07, 6.45) is 0. The van der Waals surface area contributed by atoms with E-state index in [1.807, 2.05) is 0 Å². The van der Waals surface area contributed by atoms with Crippen molar-refractivity contribution in [2.45, 2.75) is 20.4 Å². The molecule has 10 heavy (non-hydrogen) atoms. The fourth-order valence-corrected chi connectivity index (χ4v) is 2.33. The van der Waals surface area contributed by atoms with Crippen LogP contribution in [-0.2, 0) is 0 Å². The first-order chi connectivity index (χ1) is 4.72. The van der Waals surface area contributed by atoms with Gasteiger partial charge in [0, 0.05) is 0 Å². The second-order valence-corrected chi connectivity index (χ2v) is 4.37. The summed E-state index contributed by atoms with van der Waals surface area (Å²) in [5.74, 6) is 0. The van der Waals surface area contributed by atoms with Crippen LogP contribution in [0.15, 0.2) is 18.2 Å². The van der Waals surface area contributed by atoms with E-state index in [0.29, 0.717) is 0 Å². The van der Waals surface area contributed by atoms with Crippen LogP contribution in [0.1, 0.15) is 11.1 Å². The first-order valence-corrected chi connectivity index (χ1v) is 5.91. The third-order valence-corrected chi connectivity index (χ3v) is 2.91. The maximum atomic E-state index is 2.33. The monoisotopic (exact) mass is 150 g/mol. The van der Waals surface area contributed by atoms with Crippen molar-refractivity contribution in [3.05, 3.63) is 29.3 Å². The smallest absolute Gasteiger partial charge is 0.0517 e. The average molecular weight is 150 g/mol. The Morgan fingerprint density at radius 1 is 1.00 bits per heavy atom. The van der Waals surface area contributed by atoms with Gasteiger partial charge < -0.3 is 0 Å². The molecule has 0 unspecified atom stereocenters. The standard InChI is InChI=1S/C9H14Si/c1-7-4-8(2)6-9(5-7)10-3/h4-6H,10H2,1-3H3. The van der Waals surface area contributed by atoms with Crippen LogP contribution in [0.4, 0.5) is 0 Å². The first-order valence-electron chi connectivity index (χ1n) is 3.79. The molecule has 0 saturated heterocycles. The largest absolute Gasteiger partial charge is 0.0708 e. The van der Waals surface area contributed by atoms with Gasteiger partial charge in [-0.2, -0.15) is 0 Å². The number of benzene rings is 1. The molecule has 0 aromatic heterocycles. The van der Waals surface area contributed by atoms with E-state index in [2.05, 4.69) is 38.6 Å². The van der Waals surface area contributed by atoms with Crippen molar-refractivity contribution in [3.8, 4) is 0 Å². The molecule has 0 atom stereocenters. The van der Waals surface area contributed by atoms with Crippen molar-refractivity contribution in [1.29, 1.82) is 0 Å². The number of hydrogen-bond acceptors (Lipinski definition) is 0. The molecular weight excluding hydrogens is 136 g/mol. The van der Waals surface area contributed by atoms with Gasteiger partial charge in [-0.15, -0.1) is 0 Å². The van der Waals surface area contributed by atoms with Crippen molar-refractivity contribution in [2.24, 2.45) is 0 Å². The molecule has 1 heteroatoms. The van der Waals surface area contributed by atoms with E-state index in [-0.39, 0.29) is 9.52 Å². The Balaban J connectivity index is 3.06. The lowest BCUT2D eigenvalue weighted by Crippen LogP contribution is -2.10. The van der Waals surface area contributed by atoms with Crippen LogP contribution < -0.4 is 5.19 Å². The lowest BCUT2D eigenvalue weighted by atomic mass is 10.2. The van der Waals surface area contributed by atoms with Crippen LogP contribution in [0.5, 0.6) is 0 Å². The molecule has 0 amide bonds. The maximum absolute atomic E-state index is 2.33. The molecule has 0 aliphatic carbocycles. The van der Waals surface area contributed by atoms with E-state index in [1.165, 1.54) is 11.1 Å². The predicted octanol–water partition coefficient (Wildman–Crippen LogP) is 1.15. The van der Waals surface area contributed by atoms with Crippen molar-refractivity contribution < 1.29 is 0 Å². The van der Waals surface area contributed by atoms with Gasteiger partial charge in [0.2, 0.25) is 0 Å². The minimum atomic E-state index is 0.0485. The van der Waals surface area contributed by atoms with Crippen LogP contribution in [0.2, 0.25) is 6.55 Å². The van der Waals surface area contributed by atoms with Crippen LogP contribution in [0.3, 0.4) is 0 Å². The molecule has 0 radical (unpaired) electrons.